The molecule has 0 amide bonds. The second kappa shape index (κ2) is 18.7. The summed E-state index contributed by atoms with van der Waals surface area (Å²) in [4.78, 5) is 9.45. The number of aromatic nitrogens is 2. The fourth-order valence-corrected chi connectivity index (χ4v) is 10.00. The summed E-state index contributed by atoms with van der Waals surface area (Å²) in [5, 5.41) is 3.27. The van der Waals surface area contributed by atoms with Crippen LogP contribution in [0.3, 0.4) is 0 Å². The zero-order valence-corrected chi connectivity index (χ0v) is 40.5. The molecule has 1 radical (unpaired) electrons. The van der Waals surface area contributed by atoms with Gasteiger partial charge in [-0.3, -0.25) is 0 Å². The molecule has 0 aliphatic heterocycles. The van der Waals surface area contributed by atoms with Gasteiger partial charge in [0.05, 0.1) is 13.7 Å². The Morgan fingerprint density at radius 1 is 0.629 bits per heavy atom. The molecule has 9 aromatic rings. The first-order chi connectivity index (χ1) is 30.0. The average molecular weight is 1010 g/mol. The molecule has 0 fully saturated rings. The van der Waals surface area contributed by atoms with Crippen molar-refractivity contribution in [2.75, 3.05) is 0 Å². The Morgan fingerprint density at radius 3 is 2.02 bits per heavy atom. The van der Waals surface area contributed by atoms with Crippen LogP contribution in [0.5, 0.6) is 0 Å². The van der Waals surface area contributed by atoms with E-state index in [4.69, 9.17) is 17.1 Å². The van der Waals surface area contributed by atoms with E-state index in [1.165, 1.54) is 33.0 Å². The van der Waals surface area contributed by atoms with Crippen LogP contribution in [-0.4, -0.2) is 18.0 Å². The summed E-state index contributed by atoms with van der Waals surface area (Å²) in [6.07, 6.45) is 3.86. The molecule has 3 nitrogen and oxygen atoms in total. The first kappa shape index (κ1) is 41.6. The molecule has 1 atom stereocenters. The molecular weight excluding hydrogens is 949 g/mol. The van der Waals surface area contributed by atoms with Gasteiger partial charge in [0.15, 0.2) is 0 Å². The van der Waals surface area contributed by atoms with Gasteiger partial charge in [-0.1, -0.05) is 153 Å². The summed E-state index contributed by atoms with van der Waals surface area (Å²) in [5.74, 6) is -1.52. The number of fused-ring (bicyclic) bond motifs is 3. The molecule has 0 aliphatic carbocycles. The van der Waals surface area contributed by atoms with Gasteiger partial charge < -0.3 is 14.4 Å². The summed E-state index contributed by atoms with van der Waals surface area (Å²) in [7, 11) is -1.57. The van der Waals surface area contributed by atoms with Crippen molar-refractivity contribution in [2.24, 2.45) is 0 Å². The number of hydrogen-bond acceptors (Lipinski definition) is 3. The van der Waals surface area contributed by atoms with Gasteiger partial charge in [-0.25, -0.2) is 0 Å². The number of nitrogens with zero attached hydrogens (tertiary/aromatic N) is 2. The van der Waals surface area contributed by atoms with E-state index in [0.29, 0.717) is 0 Å². The van der Waals surface area contributed by atoms with Crippen LogP contribution in [-0.2, 0) is 20.1 Å². The molecule has 0 saturated heterocycles. The summed E-state index contributed by atoms with van der Waals surface area (Å²) in [5.41, 5.74) is 16.6. The number of furan rings is 1. The van der Waals surface area contributed by atoms with Gasteiger partial charge in [-0.05, 0) is 100 Å². The minimum Gasteiger partial charge on any atom is -0.501 e. The molecule has 0 bridgehead atoms. The summed E-state index contributed by atoms with van der Waals surface area (Å²) in [6, 6.07) is 54.0. The Bertz CT molecular complexity index is 3070. The number of benzene rings is 6. The number of hydrogen-bond donors (Lipinski definition) is 0. The van der Waals surface area contributed by atoms with Gasteiger partial charge >= 0.3 is 0 Å². The van der Waals surface area contributed by atoms with Gasteiger partial charge in [0.2, 0.25) is 0 Å². The Balaban J connectivity index is 0.000000201. The first-order valence-corrected chi connectivity index (χ1v) is 24.6. The predicted octanol–water partition coefficient (Wildman–Crippen LogP) is 15.1. The van der Waals surface area contributed by atoms with Gasteiger partial charge in [0.25, 0.3) is 0 Å². The SMILES string of the molecule is [2H]C(C)(C)c1cc(-c2[c-]ccc(-c3ccccc3)c2)ncc1[Si](C)(C)C.[2H]C(C)(c1ccccc1)c1ccc2oc3c(-c4cc(-c5c(C)cc(C)cc5C)ccn4)[c-]ccc3c2c1.[Ir]. The Morgan fingerprint density at radius 2 is 1.32 bits per heavy atom. The molecular formula is C57H54IrN2OSi-2. The van der Waals surface area contributed by atoms with E-state index in [0.717, 1.165) is 72.3 Å². The monoisotopic (exact) mass is 1010 g/mol. The van der Waals surface area contributed by atoms with Crippen molar-refractivity contribution in [2.45, 2.75) is 73.0 Å². The van der Waals surface area contributed by atoms with E-state index in [1.807, 2.05) is 112 Å². The molecule has 6 aromatic carbocycles. The molecule has 5 heteroatoms. The van der Waals surface area contributed by atoms with E-state index in [-0.39, 0.29) is 20.1 Å². The van der Waals surface area contributed by atoms with Crippen LogP contribution in [0.25, 0.3) is 66.7 Å². The Kier molecular flexibility index (Phi) is 12.6. The first-order valence-electron chi connectivity index (χ1n) is 22.1. The third-order valence-corrected chi connectivity index (χ3v) is 13.5. The second-order valence-electron chi connectivity index (χ2n) is 17.3. The van der Waals surface area contributed by atoms with Crippen LogP contribution < -0.4 is 5.19 Å². The van der Waals surface area contributed by atoms with Crippen LogP contribution >= 0.6 is 0 Å². The predicted molar refractivity (Wildman–Crippen MR) is 260 cm³/mol. The maximum atomic E-state index is 9.13. The third-order valence-electron chi connectivity index (χ3n) is 11.5. The van der Waals surface area contributed by atoms with Crippen LogP contribution in [0.2, 0.25) is 19.6 Å². The Hall–Kier alpha value is -5.71. The summed E-state index contributed by atoms with van der Waals surface area (Å²) < 4.78 is 24.1. The Labute approximate surface area is 385 Å². The normalized spacial score (nSPS) is 13.0. The van der Waals surface area contributed by atoms with Crippen LogP contribution in [0.15, 0.2) is 156 Å². The standard InChI is InChI=1S/C34H28NO.C23H26NSi.Ir/c1-21-17-22(2)33(23(3)18-21)27-15-16-35-31(20-27)29-12-8-11-28-30-19-26(13-14-32(30)36-34(28)29)24(4)25-9-6-5-7-10-25;1-17(2)21-15-22(24-16-23(21)25(3,4)5)20-13-9-12-19(14-20)18-10-7-6-8-11-18;/h5-11,13-20,24H,1-4H3;6-12,14-17H,1-5H3;/q2*-1;/i24D;17D;. The second-order valence-corrected chi connectivity index (χ2v) is 22.4. The molecule has 0 saturated carbocycles. The fourth-order valence-electron chi connectivity index (χ4n) is 8.42. The van der Waals surface area contributed by atoms with Gasteiger partial charge in [-0.15, -0.1) is 53.6 Å². The smallest absolute Gasteiger partial charge is 0.120 e. The van der Waals surface area contributed by atoms with E-state index < -0.39 is 19.9 Å². The van der Waals surface area contributed by atoms with Crippen molar-refractivity contribution in [3.05, 3.63) is 197 Å². The maximum Gasteiger partial charge on any atom is 0.120 e. The van der Waals surface area contributed by atoms with Crippen molar-refractivity contribution >= 4 is 35.2 Å². The van der Waals surface area contributed by atoms with Crippen molar-refractivity contribution in [1.82, 2.24) is 9.97 Å². The quantitative estimate of drug-likeness (QED) is 0.112. The third kappa shape index (κ3) is 9.37. The molecule has 1 unspecified atom stereocenters. The van der Waals surface area contributed by atoms with Gasteiger partial charge in [0, 0.05) is 46.5 Å². The van der Waals surface area contributed by atoms with E-state index >= 15 is 0 Å². The van der Waals surface area contributed by atoms with Crippen LogP contribution in [0, 0.1) is 32.9 Å². The molecule has 0 aliphatic rings. The largest absolute Gasteiger partial charge is 0.501 e. The molecule has 9 rings (SSSR count). The molecule has 62 heavy (non-hydrogen) atoms. The van der Waals surface area contributed by atoms with Crippen molar-refractivity contribution in [3.63, 3.8) is 0 Å². The topological polar surface area (TPSA) is 38.9 Å². The van der Waals surface area contributed by atoms with Crippen molar-refractivity contribution < 1.29 is 27.3 Å². The van der Waals surface area contributed by atoms with E-state index in [1.54, 1.807) is 0 Å². The molecule has 313 valence electrons. The minimum atomic E-state index is -1.57. The minimum absolute atomic E-state index is 0. The molecule has 0 N–H and O–H groups in total. The van der Waals surface area contributed by atoms with E-state index in [2.05, 4.69) is 113 Å². The number of rotatable bonds is 8. The number of aryl methyl sites for hydroxylation is 3. The number of pyridine rings is 2. The maximum absolute atomic E-state index is 9.13. The molecule has 0 spiro atoms. The van der Waals surface area contributed by atoms with Gasteiger partial charge in [-0.2, -0.15) is 0 Å². The van der Waals surface area contributed by atoms with Crippen molar-refractivity contribution in [3.8, 4) is 44.8 Å². The van der Waals surface area contributed by atoms with Crippen LogP contribution in [0.4, 0.5) is 0 Å². The molecule has 3 aromatic heterocycles. The average Bonchev–Trinajstić information content (AvgIpc) is 3.65. The van der Waals surface area contributed by atoms with E-state index in [9.17, 15) is 0 Å². The van der Waals surface area contributed by atoms with Crippen molar-refractivity contribution in [1.29, 1.82) is 0 Å². The summed E-state index contributed by atoms with van der Waals surface area (Å²) >= 11 is 0. The zero-order valence-electron chi connectivity index (χ0n) is 39.1. The molecule has 3 heterocycles. The summed E-state index contributed by atoms with van der Waals surface area (Å²) in [6.45, 7) is 19.2. The zero-order chi connectivity index (χ0) is 44.7. The fraction of sp³-hybridized carbons (Fsp3) is 0.193. The van der Waals surface area contributed by atoms with Crippen LogP contribution in [0.1, 0.15) is 68.7 Å². The van der Waals surface area contributed by atoms with Gasteiger partial charge in [0.1, 0.15) is 5.58 Å².